The van der Waals surface area contributed by atoms with Gasteiger partial charge in [0.25, 0.3) is 0 Å². The second kappa shape index (κ2) is 6.61. The molecular formula is C6H9BrO3. The minimum atomic E-state index is -0.631. The second-order valence-electron chi connectivity index (χ2n) is 1.36. The van der Waals surface area contributed by atoms with Crippen LogP contribution in [0.1, 0.15) is 6.92 Å². The van der Waals surface area contributed by atoms with Crippen LogP contribution in [0.5, 0.6) is 0 Å². The minimum absolute atomic E-state index is 0.240. The summed E-state index contributed by atoms with van der Waals surface area (Å²) in [6.07, 6.45) is 1.02. The third kappa shape index (κ3) is 5.62. The van der Waals surface area contributed by atoms with Gasteiger partial charge in [-0.15, -0.1) is 0 Å². The van der Waals surface area contributed by atoms with E-state index < -0.39 is 6.16 Å². The molecule has 0 radical (unpaired) electrons. The molecule has 0 aromatic rings. The lowest BCUT2D eigenvalue weighted by Crippen LogP contribution is -2.06. The standard InChI is InChI=1S/C6H9BrO3/c1-2-9-6(8)10-5-3-4-7/h3-4H,2,5H2,1H3. The Labute approximate surface area is 68.1 Å². The van der Waals surface area contributed by atoms with Gasteiger partial charge in [-0.05, 0) is 18.0 Å². The molecule has 3 nitrogen and oxygen atoms in total. The van der Waals surface area contributed by atoms with E-state index in [1.165, 1.54) is 0 Å². The van der Waals surface area contributed by atoms with Crippen molar-refractivity contribution >= 4 is 22.1 Å². The maximum Gasteiger partial charge on any atom is 0.508 e. The summed E-state index contributed by atoms with van der Waals surface area (Å²) in [7, 11) is 0. The Balaban J connectivity index is 3.21. The fraction of sp³-hybridized carbons (Fsp3) is 0.500. The van der Waals surface area contributed by atoms with Crippen LogP contribution in [0.4, 0.5) is 4.79 Å². The Morgan fingerprint density at radius 3 is 2.80 bits per heavy atom. The first kappa shape index (κ1) is 9.49. The molecule has 0 heterocycles. The van der Waals surface area contributed by atoms with Gasteiger partial charge in [0.1, 0.15) is 6.61 Å². The summed E-state index contributed by atoms with van der Waals surface area (Å²) >= 11 is 3.03. The van der Waals surface area contributed by atoms with Crippen LogP contribution in [0, 0.1) is 0 Å². The lowest BCUT2D eigenvalue weighted by Gasteiger charge is -1.99. The Kier molecular flexibility index (Phi) is 6.27. The van der Waals surface area contributed by atoms with Crippen molar-refractivity contribution in [3.8, 4) is 0 Å². The minimum Gasteiger partial charge on any atom is -0.435 e. The highest BCUT2D eigenvalue weighted by Gasteiger charge is 1.97. The van der Waals surface area contributed by atoms with E-state index in [0.29, 0.717) is 6.61 Å². The lowest BCUT2D eigenvalue weighted by atomic mass is 10.7. The van der Waals surface area contributed by atoms with E-state index in [-0.39, 0.29) is 6.61 Å². The molecule has 0 aromatic carbocycles. The van der Waals surface area contributed by atoms with Crippen LogP contribution in [-0.2, 0) is 9.47 Å². The zero-order valence-corrected chi connectivity index (χ0v) is 7.26. The molecule has 0 saturated carbocycles. The highest BCUT2D eigenvalue weighted by Crippen LogP contribution is 1.87. The molecule has 0 amide bonds. The van der Waals surface area contributed by atoms with E-state index in [0.717, 1.165) is 0 Å². The molecule has 0 bridgehead atoms. The average molecular weight is 209 g/mol. The van der Waals surface area contributed by atoms with E-state index >= 15 is 0 Å². The molecule has 0 atom stereocenters. The molecule has 0 aliphatic rings. The molecule has 4 heteroatoms. The molecule has 0 aliphatic heterocycles. The van der Waals surface area contributed by atoms with Crippen molar-refractivity contribution in [2.24, 2.45) is 0 Å². The number of carbonyl (C=O) groups is 1. The normalized spacial score (nSPS) is 9.80. The summed E-state index contributed by atoms with van der Waals surface area (Å²) in [4.78, 5) is 12.0. The van der Waals surface area contributed by atoms with Crippen LogP contribution in [0.3, 0.4) is 0 Å². The zero-order chi connectivity index (χ0) is 7.82. The topological polar surface area (TPSA) is 35.5 Å². The van der Waals surface area contributed by atoms with Crippen molar-refractivity contribution in [3.63, 3.8) is 0 Å². The highest BCUT2D eigenvalue weighted by atomic mass is 79.9. The number of hydrogen-bond acceptors (Lipinski definition) is 3. The van der Waals surface area contributed by atoms with Gasteiger partial charge in [-0.25, -0.2) is 4.79 Å². The number of halogens is 1. The quantitative estimate of drug-likeness (QED) is 0.667. The van der Waals surface area contributed by atoms with Crippen LogP contribution in [0.25, 0.3) is 0 Å². The fourth-order valence-corrected chi connectivity index (χ4v) is 0.465. The SMILES string of the molecule is CCOC(=O)OCC=CBr. The molecule has 0 N–H and O–H groups in total. The van der Waals surface area contributed by atoms with Crippen LogP contribution < -0.4 is 0 Å². The largest absolute Gasteiger partial charge is 0.508 e. The molecule has 10 heavy (non-hydrogen) atoms. The Morgan fingerprint density at radius 1 is 1.60 bits per heavy atom. The number of carbonyl (C=O) groups excluding carboxylic acids is 1. The summed E-state index contributed by atoms with van der Waals surface area (Å²) in [5.74, 6) is 0. The summed E-state index contributed by atoms with van der Waals surface area (Å²) < 4.78 is 9.02. The fourth-order valence-electron chi connectivity index (χ4n) is 0.312. The monoisotopic (exact) mass is 208 g/mol. The first-order chi connectivity index (χ1) is 4.81. The van der Waals surface area contributed by atoms with Crippen molar-refractivity contribution in [1.82, 2.24) is 0 Å². The summed E-state index contributed by atoms with van der Waals surface area (Å²) in [5, 5.41) is 0. The summed E-state index contributed by atoms with van der Waals surface area (Å²) in [6.45, 7) is 2.31. The van der Waals surface area contributed by atoms with Gasteiger partial charge < -0.3 is 9.47 Å². The van der Waals surface area contributed by atoms with E-state index in [2.05, 4.69) is 25.4 Å². The van der Waals surface area contributed by atoms with Gasteiger partial charge in [-0.1, -0.05) is 15.9 Å². The van der Waals surface area contributed by atoms with Gasteiger partial charge in [0.2, 0.25) is 0 Å². The van der Waals surface area contributed by atoms with Gasteiger partial charge in [0, 0.05) is 0 Å². The third-order valence-electron chi connectivity index (χ3n) is 0.649. The molecule has 0 spiro atoms. The average Bonchev–Trinajstić information content (AvgIpc) is 1.89. The lowest BCUT2D eigenvalue weighted by molar-refractivity contribution is 0.0673. The Morgan fingerprint density at radius 2 is 2.30 bits per heavy atom. The summed E-state index contributed by atoms with van der Waals surface area (Å²) in [5.41, 5.74) is 0. The van der Waals surface area contributed by atoms with E-state index in [1.807, 2.05) is 0 Å². The van der Waals surface area contributed by atoms with Gasteiger partial charge in [0.05, 0.1) is 6.61 Å². The van der Waals surface area contributed by atoms with Crippen LogP contribution >= 0.6 is 15.9 Å². The first-order valence-corrected chi connectivity index (χ1v) is 3.77. The van der Waals surface area contributed by atoms with Crippen molar-refractivity contribution in [3.05, 3.63) is 11.1 Å². The van der Waals surface area contributed by atoms with Gasteiger partial charge >= 0.3 is 6.16 Å². The Bertz CT molecular complexity index is 122. The van der Waals surface area contributed by atoms with Gasteiger partial charge in [-0.3, -0.25) is 0 Å². The molecule has 0 rings (SSSR count). The van der Waals surface area contributed by atoms with Gasteiger partial charge in [-0.2, -0.15) is 0 Å². The van der Waals surface area contributed by atoms with Crippen LogP contribution in [-0.4, -0.2) is 19.4 Å². The first-order valence-electron chi connectivity index (χ1n) is 2.86. The van der Waals surface area contributed by atoms with Crippen LogP contribution in [0.2, 0.25) is 0 Å². The molecule has 0 fully saturated rings. The van der Waals surface area contributed by atoms with Gasteiger partial charge in [0.15, 0.2) is 0 Å². The van der Waals surface area contributed by atoms with Crippen molar-refractivity contribution in [2.45, 2.75) is 6.92 Å². The van der Waals surface area contributed by atoms with E-state index in [4.69, 9.17) is 0 Å². The number of hydrogen-bond donors (Lipinski definition) is 0. The van der Waals surface area contributed by atoms with Crippen molar-refractivity contribution in [2.75, 3.05) is 13.2 Å². The predicted octanol–water partition coefficient (Wildman–Crippen LogP) is 2.07. The molecular weight excluding hydrogens is 200 g/mol. The van der Waals surface area contributed by atoms with Crippen molar-refractivity contribution < 1.29 is 14.3 Å². The smallest absolute Gasteiger partial charge is 0.435 e. The molecule has 0 saturated heterocycles. The third-order valence-corrected chi connectivity index (χ3v) is 1.02. The maximum atomic E-state index is 10.4. The molecule has 0 aliphatic carbocycles. The van der Waals surface area contributed by atoms with Crippen LogP contribution in [0.15, 0.2) is 11.1 Å². The van der Waals surface area contributed by atoms with E-state index in [1.54, 1.807) is 18.0 Å². The van der Waals surface area contributed by atoms with E-state index in [9.17, 15) is 4.79 Å². The van der Waals surface area contributed by atoms with Crippen molar-refractivity contribution in [1.29, 1.82) is 0 Å². The highest BCUT2D eigenvalue weighted by molar-refractivity contribution is 9.11. The molecule has 58 valence electrons. The summed E-state index contributed by atoms with van der Waals surface area (Å²) in [6, 6.07) is 0. The number of ether oxygens (including phenoxy) is 2. The molecule has 0 aromatic heterocycles. The predicted molar refractivity (Wildman–Crippen MR) is 41.0 cm³/mol. The zero-order valence-electron chi connectivity index (χ0n) is 5.67. The molecule has 0 unspecified atom stereocenters. The maximum absolute atomic E-state index is 10.4. The number of rotatable bonds is 3. The Hall–Kier alpha value is -0.510. The second-order valence-corrected chi connectivity index (χ2v) is 1.88.